The average Bonchev–Trinajstić information content (AvgIpc) is 2.48. The normalized spacial score (nSPS) is 11.6. The smallest absolute Gasteiger partial charge is 0.243 e. The maximum atomic E-state index is 11.5. The molecule has 1 aromatic carbocycles. The number of rotatable bonds is 5. The minimum atomic E-state index is -0.188. The minimum absolute atomic E-state index is 0.144. The molecule has 0 saturated carbocycles. The lowest BCUT2D eigenvalue weighted by atomic mass is 10.0. The monoisotopic (exact) mass is 252 g/mol. The molecule has 3 nitrogen and oxygen atoms in total. The molecule has 2 rings (SSSR count). The Morgan fingerprint density at radius 1 is 1.21 bits per heavy atom. The van der Waals surface area contributed by atoms with Crippen LogP contribution in [0, 0.1) is 0 Å². The van der Waals surface area contributed by atoms with E-state index >= 15 is 0 Å². The summed E-state index contributed by atoms with van der Waals surface area (Å²) in [6, 6.07) is 15.6. The SMILES string of the molecule is C=CC(=O)NC(Cc1ccccc1)c1ccccn1. The molecule has 1 atom stereocenters. The number of aromatic nitrogens is 1. The highest BCUT2D eigenvalue weighted by Crippen LogP contribution is 2.16. The van der Waals surface area contributed by atoms with E-state index in [4.69, 9.17) is 0 Å². The molecular formula is C16H16N2O. The van der Waals surface area contributed by atoms with Crippen LogP contribution in [0.5, 0.6) is 0 Å². The second-order valence-corrected chi connectivity index (χ2v) is 4.21. The van der Waals surface area contributed by atoms with E-state index in [0.29, 0.717) is 6.42 Å². The zero-order valence-electron chi connectivity index (χ0n) is 10.6. The highest BCUT2D eigenvalue weighted by molar-refractivity contribution is 5.87. The first-order valence-corrected chi connectivity index (χ1v) is 6.17. The van der Waals surface area contributed by atoms with E-state index in [1.54, 1.807) is 6.20 Å². The molecule has 1 aromatic heterocycles. The number of carbonyl (C=O) groups excluding carboxylic acids is 1. The van der Waals surface area contributed by atoms with Gasteiger partial charge in [-0.1, -0.05) is 43.0 Å². The van der Waals surface area contributed by atoms with Crippen LogP contribution in [0.15, 0.2) is 67.4 Å². The molecule has 0 aliphatic carbocycles. The van der Waals surface area contributed by atoms with Crippen molar-refractivity contribution >= 4 is 5.91 Å². The third-order valence-corrected chi connectivity index (χ3v) is 2.83. The van der Waals surface area contributed by atoms with Crippen LogP contribution in [-0.4, -0.2) is 10.9 Å². The maximum Gasteiger partial charge on any atom is 0.243 e. The fourth-order valence-corrected chi connectivity index (χ4v) is 1.89. The number of amides is 1. The summed E-state index contributed by atoms with van der Waals surface area (Å²) >= 11 is 0. The zero-order valence-corrected chi connectivity index (χ0v) is 10.6. The van der Waals surface area contributed by atoms with Crippen LogP contribution in [0.2, 0.25) is 0 Å². The third-order valence-electron chi connectivity index (χ3n) is 2.83. The van der Waals surface area contributed by atoms with Crippen LogP contribution in [0.1, 0.15) is 17.3 Å². The molecule has 0 spiro atoms. The van der Waals surface area contributed by atoms with Crippen molar-refractivity contribution in [1.29, 1.82) is 0 Å². The van der Waals surface area contributed by atoms with Crippen molar-refractivity contribution in [3.63, 3.8) is 0 Å². The van der Waals surface area contributed by atoms with Crippen LogP contribution in [-0.2, 0) is 11.2 Å². The Kier molecular flexibility index (Phi) is 4.45. The first-order chi connectivity index (χ1) is 9.29. The lowest BCUT2D eigenvalue weighted by molar-refractivity contribution is -0.117. The Balaban J connectivity index is 2.19. The number of hydrogen-bond acceptors (Lipinski definition) is 2. The number of carbonyl (C=O) groups is 1. The number of hydrogen-bond donors (Lipinski definition) is 1. The van der Waals surface area contributed by atoms with E-state index in [2.05, 4.69) is 16.9 Å². The van der Waals surface area contributed by atoms with Crippen molar-refractivity contribution < 1.29 is 4.79 Å². The summed E-state index contributed by atoms with van der Waals surface area (Å²) in [5.41, 5.74) is 2.00. The zero-order chi connectivity index (χ0) is 13.5. The Bertz CT molecular complexity index is 537. The molecule has 1 N–H and O–H groups in total. The summed E-state index contributed by atoms with van der Waals surface area (Å²) in [4.78, 5) is 15.8. The lowest BCUT2D eigenvalue weighted by Crippen LogP contribution is -2.28. The van der Waals surface area contributed by atoms with Gasteiger partial charge in [0.15, 0.2) is 0 Å². The van der Waals surface area contributed by atoms with Crippen molar-refractivity contribution in [3.8, 4) is 0 Å². The van der Waals surface area contributed by atoms with Gasteiger partial charge in [-0.15, -0.1) is 0 Å². The molecule has 0 radical (unpaired) electrons. The van der Waals surface area contributed by atoms with E-state index in [1.165, 1.54) is 6.08 Å². The van der Waals surface area contributed by atoms with Gasteiger partial charge in [0.1, 0.15) is 0 Å². The van der Waals surface area contributed by atoms with Gasteiger partial charge in [0.05, 0.1) is 11.7 Å². The Hall–Kier alpha value is -2.42. The Labute approximate surface area is 113 Å². The molecule has 3 heteroatoms. The van der Waals surface area contributed by atoms with E-state index in [-0.39, 0.29) is 11.9 Å². The van der Waals surface area contributed by atoms with Crippen LogP contribution in [0.3, 0.4) is 0 Å². The second kappa shape index (κ2) is 6.50. The third kappa shape index (κ3) is 3.78. The summed E-state index contributed by atoms with van der Waals surface area (Å²) in [7, 11) is 0. The van der Waals surface area contributed by atoms with Gasteiger partial charge in [0.25, 0.3) is 0 Å². The summed E-state index contributed by atoms with van der Waals surface area (Å²) in [5, 5.41) is 2.91. The predicted molar refractivity (Wildman–Crippen MR) is 75.5 cm³/mol. The molecule has 2 aromatic rings. The van der Waals surface area contributed by atoms with Crippen molar-refractivity contribution in [3.05, 3.63) is 78.6 Å². The summed E-state index contributed by atoms with van der Waals surface area (Å²) in [5.74, 6) is -0.188. The van der Waals surface area contributed by atoms with Crippen molar-refractivity contribution in [1.82, 2.24) is 10.3 Å². The first kappa shape index (κ1) is 13.0. The van der Waals surface area contributed by atoms with Gasteiger partial charge in [-0.2, -0.15) is 0 Å². The van der Waals surface area contributed by atoms with Gasteiger partial charge in [-0.25, -0.2) is 0 Å². The molecule has 0 bridgehead atoms. The Morgan fingerprint density at radius 3 is 2.58 bits per heavy atom. The highest BCUT2D eigenvalue weighted by atomic mass is 16.1. The number of benzene rings is 1. The predicted octanol–water partition coefficient (Wildman–Crippen LogP) is 2.67. The fourth-order valence-electron chi connectivity index (χ4n) is 1.89. The molecule has 1 unspecified atom stereocenters. The van der Waals surface area contributed by atoms with Gasteiger partial charge < -0.3 is 5.32 Å². The van der Waals surface area contributed by atoms with Crippen LogP contribution in [0.4, 0.5) is 0 Å². The molecule has 96 valence electrons. The molecule has 0 saturated heterocycles. The van der Waals surface area contributed by atoms with Gasteiger partial charge in [-0.05, 0) is 30.2 Å². The summed E-state index contributed by atoms with van der Waals surface area (Å²) in [6.07, 6.45) is 3.71. The topological polar surface area (TPSA) is 42.0 Å². The molecule has 0 fully saturated rings. The maximum absolute atomic E-state index is 11.5. The molecule has 0 aliphatic rings. The van der Waals surface area contributed by atoms with Crippen molar-refractivity contribution in [2.75, 3.05) is 0 Å². The average molecular weight is 252 g/mol. The molecule has 1 heterocycles. The number of pyridine rings is 1. The Morgan fingerprint density at radius 2 is 1.95 bits per heavy atom. The number of nitrogens with zero attached hydrogens (tertiary/aromatic N) is 1. The van der Waals surface area contributed by atoms with Gasteiger partial charge in [0.2, 0.25) is 5.91 Å². The van der Waals surface area contributed by atoms with E-state index in [1.807, 2.05) is 48.5 Å². The second-order valence-electron chi connectivity index (χ2n) is 4.21. The van der Waals surface area contributed by atoms with E-state index < -0.39 is 0 Å². The van der Waals surface area contributed by atoms with E-state index in [0.717, 1.165) is 11.3 Å². The highest BCUT2D eigenvalue weighted by Gasteiger charge is 2.14. The standard InChI is InChI=1S/C16H16N2O/c1-2-16(19)18-15(14-10-6-7-11-17-14)12-13-8-4-3-5-9-13/h2-11,15H,1,12H2,(H,18,19). The molecular weight excluding hydrogens is 236 g/mol. The fraction of sp³-hybridized carbons (Fsp3) is 0.125. The molecule has 0 aliphatic heterocycles. The quantitative estimate of drug-likeness (QED) is 0.831. The van der Waals surface area contributed by atoms with Crippen LogP contribution >= 0.6 is 0 Å². The van der Waals surface area contributed by atoms with Gasteiger partial charge in [-0.3, -0.25) is 9.78 Å². The van der Waals surface area contributed by atoms with Crippen LogP contribution < -0.4 is 5.32 Å². The molecule has 1 amide bonds. The molecule has 19 heavy (non-hydrogen) atoms. The largest absolute Gasteiger partial charge is 0.344 e. The summed E-state index contributed by atoms with van der Waals surface area (Å²) < 4.78 is 0. The minimum Gasteiger partial charge on any atom is -0.344 e. The van der Waals surface area contributed by atoms with Crippen LogP contribution in [0.25, 0.3) is 0 Å². The first-order valence-electron chi connectivity index (χ1n) is 6.17. The van der Waals surface area contributed by atoms with Crippen molar-refractivity contribution in [2.45, 2.75) is 12.5 Å². The van der Waals surface area contributed by atoms with Gasteiger partial charge >= 0.3 is 0 Å². The summed E-state index contributed by atoms with van der Waals surface area (Å²) in [6.45, 7) is 3.48. The van der Waals surface area contributed by atoms with Crippen molar-refractivity contribution in [2.24, 2.45) is 0 Å². The van der Waals surface area contributed by atoms with E-state index in [9.17, 15) is 4.79 Å². The lowest BCUT2D eigenvalue weighted by Gasteiger charge is -2.17. The number of nitrogens with one attached hydrogen (secondary N) is 1. The van der Waals surface area contributed by atoms with Gasteiger partial charge in [0, 0.05) is 6.20 Å².